The number of nitrogens with zero attached hydrogens (tertiary/aromatic N) is 1. The molecule has 1 rings (SSSR count). The Labute approximate surface area is 100.0 Å². The summed E-state index contributed by atoms with van der Waals surface area (Å²) in [5.74, 6) is 0.734. The second-order valence-electron chi connectivity index (χ2n) is 5.13. The molecule has 1 aliphatic rings. The summed E-state index contributed by atoms with van der Waals surface area (Å²) in [6, 6.07) is 2.58. The van der Waals surface area contributed by atoms with Gasteiger partial charge in [-0.05, 0) is 25.2 Å². The van der Waals surface area contributed by atoms with Gasteiger partial charge in [0.05, 0.1) is 11.5 Å². The minimum atomic E-state index is -0.0767. The third-order valence-corrected chi connectivity index (χ3v) is 3.91. The zero-order valence-corrected chi connectivity index (χ0v) is 10.8. The summed E-state index contributed by atoms with van der Waals surface area (Å²) in [4.78, 5) is 0. The zero-order valence-electron chi connectivity index (χ0n) is 10.8. The van der Waals surface area contributed by atoms with Crippen molar-refractivity contribution in [3.05, 3.63) is 0 Å². The maximum absolute atomic E-state index is 9.41. The summed E-state index contributed by atoms with van der Waals surface area (Å²) in [7, 11) is 0. The summed E-state index contributed by atoms with van der Waals surface area (Å²) in [5.41, 5.74) is -0.0767. The lowest BCUT2D eigenvalue weighted by Gasteiger charge is -2.33. The number of rotatable bonds is 6. The Morgan fingerprint density at radius 3 is 2.50 bits per heavy atom. The van der Waals surface area contributed by atoms with Crippen LogP contribution in [-0.4, -0.2) is 13.2 Å². The third kappa shape index (κ3) is 3.79. The molecule has 2 nitrogen and oxygen atoms in total. The lowest BCUT2D eigenvalue weighted by molar-refractivity contribution is 0.0287. The fourth-order valence-corrected chi connectivity index (χ4v) is 2.62. The van der Waals surface area contributed by atoms with Crippen molar-refractivity contribution in [1.82, 2.24) is 0 Å². The minimum Gasteiger partial charge on any atom is -0.381 e. The van der Waals surface area contributed by atoms with E-state index in [0.717, 1.165) is 38.4 Å². The van der Waals surface area contributed by atoms with Gasteiger partial charge < -0.3 is 4.74 Å². The average Bonchev–Trinajstić information content (AvgIpc) is 2.35. The molecule has 0 aromatic carbocycles. The van der Waals surface area contributed by atoms with Crippen LogP contribution in [0.15, 0.2) is 0 Å². The molecule has 0 N–H and O–H groups in total. The molecular weight excluding hydrogens is 198 g/mol. The first-order valence-corrected chi connectivity index (χ1v) is 6.75. The molecule has 1 atom stereocenters. The highest BCUT2D eigenvalue weighted by Crippen LogP contribution is 2.38. The van der Waals surface area contributed by atoms with Crippen molar-refractivity contribution in [3.63, 3.8) is 0 Å². The predicted octanol–water partition coefficient (Wildman–Crippen LogP) is 3.91. The normalized spacial score (nSPS) is 21.3. The molecule has 0 aromatic heterocycles. The number of hydrogen-bond acceptors (Lipinski definition) is 2. The largest absolute Gasteiger partial charge is 0.381 e. The molecule has 0 amide bonds. The van der Waals surface area contributed by atoms with Gasteiger partial charge in [0.25, 0.3) is 0 Å². The van der Waals surface area contributed by atoms with Crippen LogP contribution < -0.4 is 0 Å². The van der Waals surface area contributed by atoms with Crippen LogP contribution in [0.1, 0.15) is 58.8 Å². The van der Waals surface area contributed by atoms with Crippen LogP contribution in [0, 0.1) is 22.7 Å². The molecule has 1 unspecified atom stereocenters. The Balaban J connectivity index is 2.49. The van der Waals surface area contributed by atoms with Crippen molar-refractivity contribution < 1.29 is 4.74 Å². The van der Waals surface area contributed by atoms with Gasteiger partial charge in [-0.15, -0.1) is 0 Å². The summed E-state index contributed by atoms with van der Waals surface area (Å²) < 4.78 is 5.37. The molecule has 0 aromatic rings. The number of hydrogen-bond donors (Lipinski definition) is 0. The second-order valence-corrected chi connectivity index (χ2v) is 5.13. The van der Waals surface area contributed by atoms with Gasteiger partial charge in [0, 0.05) is 13.2 Å². The van der Waals surface area contributed by atoms with Crippen LogP contribution in [-0.2, 0) is 4.74 Å². The molecule has 1 heterocycles. The van der Waals surface area contributed by atoms with Crippen molar-refractivity contribution >= 4 is 0 Å². The Morgan fingerprint density at radius 2 is 2.00 bits per heavy atom. The van der Waals surface area contributed by atoms with Gasteiger partial charge in [-0.1, -0.05) is 39.5 Å². The lowest BCUT2D eigenvalue weighted by atomic mass is 9.73. The molecule has 2 heteroatoms. The van der Waals surface area contributed by atoms with E-state index < -0.39 is 0 Å². The van der Waals surface area contributed by atoms with Crippen LogP contribution in [0.3, 0.4) is 0 Å². The van der Waals surface area contributed by atoms with Crippen LogP contribution in [0.5, 0.6) is 0 Å². The molecule has 0 saturated carbocycles. The highest BCUT2D eigenvalue weighted by atomic mass is 16.5. The molecular formula is C14H25NO. The van der Waals surface area contributed by atoms with Gasteiger partial charge in [0.2, 0.25) is 0 Å². The van der Waals surface area contributed by atoms with E-state index in [1.165, 1.54) is 25.7 Å². The van der Waals surface area contributed by atoms with Gasteiger partial charge in [-0.3, -0.25) is 0 Å². The summed E-state index contributed by atoms with van der Waals surface area (Å²) in [6.07, 6.45) is 8.03. The number of unbranched alkanes of at least 4 members (excludes halogenated alkanes) is 1. The SMILES string of the molecule is CCCCC(CC)CC1(C#N)CCOCC1. The lowest BCUT2D eigenvalue weighted by Crippen LogP contribution is -2.30. The van der Waals surface area contributed by atoms with E-state index in [0.29, 0.717) is 0 Å². The Morgan fingerprint density at radius 1 is 1.31 bits per heavy atom. The minimum absolute atomic E-state index is 0.0767. The third-order valence-electron chi connectivity index (χ3n) is 3.91. The summed E-state index contributed by atoms with van der Waals surface area (Å²) >= 11 is 0. The van der Waals surface area contributed by atoms with E-state index in [4.69, 9.17) is 4.74 Å². The van der Waals surface area contributed by atoms with Crippen molar-refractivity contribution in [1.29, 1.82) is 5.26 Å². The quantitative estimate of drug-likeness (QED) is 0.684. The molecule has 92 valence electrons. The van der Waals surface area contributed by atoms with Gasteiger partial charge in [0.1, 0.15) is 0 Å². The number of nitriles is 1. The Bertz CT molecular complexity index is 225. The van der Waals surface area contributed by atoms with Crippen LogP contribution in [0.4, 0.5) is 0 Å². The molecule has 1 aliphatic heterocycles. The first kappa shape index (κ1) is 13.5. The van der Waals surface area contributed by atoms with Crippen molar-refractivity contribution in [2.24, 2.45) is 11.3 Å². The fraction of sp³-hybridized carbons (Fsp3) is 0.929. The standard InChI is InChI=1S/C14H25NO/c1-3-5-6-13(4-2)11-14(12-15)7-9-16-10-8-14/h13H,3-11H2,1-2H3. The van der Waals surface area contributed by atoms with Gasteiger partial charge in [0.15, 0.2) is 0 Å². The molecule has 0 spiro atoms. The maximum atomic E-state index is 9.41. The topological polar surface area (TPSA) is 33.0 Å². The Kier molecular flexibility index (Phi) is 5.84. The monoisotopic (exact) mass is 223 g/mol. The fourth-order valence-electron chi connectivity index (χ4n) is 2.62. The molecule has 0 radical (unpaired) electrons. The van der Waals surface area contributed by atoms with E-state index in [1.54, 1.807) is 0 Å². The molecule has 16 heavy (non-hydrogen) atoms. The highest BCUT2D eigenvalue weighted by molar-refractivity contribution is 5.01. The van der Waals surface area contributed by atoms with E-state index in [9.17, 15) is 5.26 Å². The summed E-state index contributed by atoms with van der Waals surface area (Å²) in [5, 5.41) is 9.41. The van der Waals surface area contributed by atoms with Gasteiger partial charge in [-0.25, -0.2) is 0 Å². The van der Waals surface area contributed by atoms with E-state index in [2.05, 4.69) is 19.9 Å². The Hall–Kier alpha value is -0.550. The van der Waals surface area contributed by atoms with E-state index >= 15 is 0 Å². The average molecular weight is 223 g/mol. The van der Waals surface area contributed by atoms with Gasteiger partial charge >= 0.3 is 0 Å². The zero-order chi connectivity index (χ0) is 11.9. The van der Waals surface area contributed by atoms with Crippen molar-refractivity contribution in [3.8, 4) is 6.07 Å². The van der Waals surface area contributed by atoms with Crippen LogP contribution in [0.25, 0.3) is 0 Å². The molecule has 1 fully saturated rings. The molecule has 1 saturated heterocycles. The van der Waals surface area contributed by atoms with E-state index in [1.807, 2.05) is 0 Å². The second kappa shape index (κ2) is 6.91. The van der Waals surface area contributed by atoms with Crippen molar-refractivity contribution in [2.75, 3.05) is 13.2 Å². The van der Waals surface area contributed by atoms with Gasteiger partial charge in [-0.2, -0.15) is 5.26 Å². The predicted molar refractivity (Wildman–Crippen MR) is 66.0 cm³/mol. The number of ether oxygens (including phenoxy) is 1. The van der Waals surface area contributed by atoms with E-state index in [-0.39, 0.29) is 5.41 Å². The maximum Gasteiger partial charge on any atom is 0.0691 e. The highest BCUT2D eigenvalue weighted by Gasteiger charge is 2.34. The van der Waals surface area contributed by atoms with Crippen LogP contribution >= 0.6 is 0 Å². The van der Waals surface area contributed by atoms with Crippen molar-refractivity contribution in [2.45, 2.75) is 58.8 Å². The summed E-state index contributed by atoms with van der Waals surface area (Å²) in [6.45, 7) is 6.04. The van der Waals surface area contributed by atoms with Crippen LogP contribution in [0.2, 0.25) is 0 Å². The molecule has 0 aliphatic carbocycles. The smallest absolute Gasteiger partial charge is 0.0691 e. The first-order valence-electron chi connectivity index (χ1n) is 6.75. The first-order chi connectivity index (χ1) is 7.76. The molecule has 0 bridgehead atoms.